The first kappa shape index (κ1) is 12.9. The third kappa shape index (κ3) is 2.47. The zero-order valence-corrected chi connectivity index (χ0v) is 8.97. The van der Waals surface area contributed by atoms with Gasteiger partial charge in [-0.3, -0.25) is 0 Å². The summed E-state index contributed by atoms with van der Waals surface area (Å²) in [5.41, 5.74) is 6.04. The minimum atomic E-state index is -1.30. The molecule has 0 spiro atoms. The van der Waals surface area contributed by atoms with E-state index in [0.717, 1.165) is 5.56 Å². The molecule has 3 nitrogen and oxygen atoms in total. The molecule has 14 heavy (non-hydrogen) atoms. The van der Waals surface area contributed by atoms with Crippen LogP contribution in [0.4, 0.5) is 0 Å². The van der Waals surface area contributed by atoms with E-state index in [4.69, 9.17) is 10.8 Å². The molecule has 0 aliphatic heterocycles. The smallest absolute Gasteiger partial charge is 0.328 e. The highest BCUT2D eigenvalue weighted by molar-refractivity contribution is 5.85. The van der Waals surface area contributed by atoms with Crippen LogP contribution in [0.5, 0.6) is 0 Å². The lowest BCUT2D eigenvalue weighted by Gasteiger charge is -2.19. The third-order valence-corrected chi connectivity index (χ3v) is 2.10. The van der Waals surface area contributed by atoms with Gasteiger partial charge < -0.3 is 10.8 Å². The molecule has 0 fully saturated rings. The second kappa shape index (κ2) is 4.44. The number of hydrogen-bond acceptors (Lipinski definition) is 2. The largest absolute Gasteiger partial charge is 0.480 e. The highest BCUT2D eigenvalue weighted by Gasteiger charge is 2.29. The molecule has 0 heterocycles. The quantitative estimate of drug-likeness (QED) is 0.789. The number of halogens is 1. The van der Waals surface area contributed by atoms with Crippen LogP contribution in [0.15, 0.2) is 24.3 Å². The van der Waals surface area contributed by atoms with Crippen molar-refractivity contribution in [2.24, 2.45) is 5.73 Å². The summed E-state index contributed by atoms with van der Waals surface area (Å²) in [5.74, 6) is -1.02. The van der Waals surface area contributed by atoms with E-state index in [0.29, 0.717) is 5.56 Å². The van der Waals surface area contributed by atoms with Crippen molar-refractivity contribution < 1.29 is 9.90 Å². The third-order valence-electron chi connectivity index (χ3n) is 2.10. The fourth-order valence-corrected chi connectivity index (χ4v) is 1.02. The van der Waals surface area contributed by atoms with Gasteiger partial charge in [-0.05, 0) is 19.4 Å². The maximum Gasteiger partial charge on any atom is 0.328 e. The summed E-state index contributed by atoms with van der Waals surface area (Å²) in [7, 11) is 0. The van der Waals surface area contributed by atoms with Crippen LogP contribution in [0.2, 0.25) is 0 Å². The summed E-state index contributed by atoms with van der Waals surface area (Å²) < 4.78 is 0. The number of aryl methyl sites for hydroxylation is 1. The molecule has 1 rings (SSSR count). The number of hydrogen-bond donors (Lipinski definition) is 2. The Balaban J connectivity index is 0.00000169. The number of nitrogens with two attached hydrogens (primary N) is 1. The van der Waals surface area contributed by atoms with E-state index in [2.05, 4.69) is 0 Å². The van der Waals surface area contributed by atoms with Gasteiger partial charge in [-0.25, -0.2) is 4.79 Å². The second-order valence-electron chi connectivity index (χ2n) is 3.37. The number of carboxylic acid groups (broad SMARTS) is 1. The number of benzene rings is 1. The van der Waals surface area contributed by atoms with Gasteiger partial charge in [0, 0.05) is 0 Å². The van der Waals surface area contributed by atoms with Crippen molar-refractivity contribution in [1.82, 2.24) is 0 Å². The first-order chi connectivity index (χ1) is 5.94. The molecule has 1 aromatic carbocycles. The molecule has 0 bridgehead atoms. The molecule has 0 unspecified atom stereocenters. The minimum Gasteiger partial charge on any atom is -0.480 e. The van der Waals surface area contributed by atoms with Gasteiger partial charge in [0.1, 0.15) is 5.54 Å². The van der Waals surface area contributed by atoms with E-state index in [1.807, 2.05) is 19.1 Å². The standard InChI is InChI=1S/C10H13NO2.ClH/c1-7-3-5-8(6-4-7)10(2,11)9(12)13;/h3-6H,11H2,1-2H3,(H,12,13);1H/t10-;/m1./s1. The van der Waals surface area contributed by atoms with Gasteiger partial charge in [-0.15, -0.1) is 12.4 Å². The molecule has 0 saturated carbocycles. The molecule has 0 saturated heterocycles. The Morgan fingerprint density at radius 1 is 1.36 bits per heavy atom. The van der Waals surface area contributed by atoms with Gasteiger partial charge in [0.05, 0.1) is 0 Å². The van der Waals surface area contributed by atoms with Crippen LogP contribution in [0.3, 0.4) is 0 Å². The Morgan fingerprint density at radius 2 is 1.79 bits per heavy atom. The van der Waals surface area contributed by atoms with Gasteiger partial charge in [0.15, 0.2) is 0 Å². The SMILES string of the molecule is Cc1ccc([C@@](C)(N)C(=O)O)cc1.Cl. The van der Waals surface area contributed by atoms with E-state index in [1.165, 1.54) is 6.92 Å². The highest BCUT2D eigenvalue weighted by Crippen LogP contribution is 2.18. The summed E-state index contributed by atoms with van der Waals surface area (Å²) in [6.07, 6.45) is 0. The average molecular weight is 216 g/mol. The van der Waals surface area contributed by atoms with Crippen molar-refractivity contribution >= 4 is 18.4 Å². The van der Waals surface area contributed by atoms with Gasteiger partial charge in [0.2, 0.25) is 0 Å². The fraction of sp³-hybridized carbons (Fsp3) is 0.300. The molecule has 0 amide bonds. The monoisotopic (exact) mass is 215 g/mol. The number of aliphatic carboxylic acids is 1. The minimum absolute atomic E-state index is 0. The Labute approximate surface area is 89.3 Å². The van der Waals surface area contributed by atoms with E-state index in [9.17, 15) is 4.79 Å². The number of carboxylic acids is 1. The predicted octanol–water partition coefficient (Wildman–Crippen LogP) is 1.68. The molecule has 0 aromatic heterocycles. The van der Waals surface area contributed by atoms with Crippen LogP contribution in [0.25, 0.3) is 0 Å². The van der Waals surface area contributed by atoms with Crippen LogP contribution in [0.1, 0.15) is 18.1 Å². The molecule has 4 heteroatoms. The zero-order chi connectivity index (χ0) is 10.1. The van der Waals surface area contributed by atoms with Crippen LogP contribution < -0.4 is 5.73 Å². The van der Waals surface area contributed by atoms with Crippen molar-refractivity contribution in [1.29, 1.82) is 0 Å². The molecule has 1 atom stereocenters. The molecule has 0 aliphatic rings. The Bertz CT molecular complexity index is 319. The maximum absolute atomic E-state index is 10.8. The lowest BCUT2D eigenvalue weighted by molar-refractivity contribution is -0.143. The van der Waals surface area contributed by atoms with Crippen molar-refractivity contribution in [3.63, 3.8) is 0 Å². The van der Waals surface area contributed by atoms with Gasteiger partial charge >= 0.3 is 5.97 Å². The summed E-state index contributed by atoms with van der Waals surface area (Å²) in [6.45, 7) is 3.43. The van der Waals surface area contributed by atoms with Crippen LogP contribution in [-0.4, -0.2) is 11.1 Å². The topological polar surface area (TPSA) is 63.3 Å². The van der Waals surface area contributed by atoms with E-state index in [1.54, 1.807) is 12.1 Å². The molecule has 1 aromatic rings. The molecule has 0 aliphatic carbocycles. The van der Waals surface area contributed by atoms with Crippen molar-refractivity contribution in [3.05, 3.63) is 35.4 Å². The highest BCUT2D eigenvalue weighted by atomic mass is 35.5. The normalized spacial score (nSPS) is 13.9. The van der Waals surface area contributed by atoms with Gasteiger partial charge in [-0.1, -0.05) is 29.8 Å². The first-order valence-corrected chi connectivity index (χ1v) is 4.04. The Morgan fingerprint density at radius 3 is 2.14 bits per heavy atom. The molecule has 3 N–H and O–H groups in total. The van der Waals surface area contributed by atoms with Gasteiger partial charge in [0.25, 0.3) is 0 Å². The molecule has 0 radical (unpaired) electrons. The van der Waals surface area contributed by atoms with Crippen molar-refractivity contribution in [3.8, 4) is 0 Å². The van der Waals surface area contributed by atoms with Crippen molar-refractivity contribution in [2.45, 2.75) is 19.4 Å². The number of rotatable bonds is 2. The number of carbonyl (C=O) groups is 1. The molecule has 78 valence electrons. The summed E-state index contributed by atoms with van der Waals surface area (Å²) in [5, 5.41) is 8.84. The molecular weight excluding hydrogens is 202 g/mol. The van der Waals surface area contributed by atoms with Crippen LogP contribution in [-0.2, 0) is 10.3 Å². The average Bonchev–Trinajstić information content (AvgIpc) is 2.04. The Hall–Kier alpha value is -1.06. The predicted molar refractivity (Wildman–Crippen MR) is 57.6 cm³/mol. The van der Waals surface area contributed by atoms with Crippen molar-refractivity contribution in [2.75, 3.05) is 0 Å². The van der Waals surface area contributed by atoms with Gasteiger partial charge in [-0.2, -0.15) is 0 Å². The fourth-order valence-electron chi connectivity index (χ4n) is 1.02. The maximum atomic E-state index is 10.8. The first-order valence-electron chi connectivity index (χ1n) is 4.04. The van der Waals surface area contributed by atoms with E-state index >= 15 is 0 Å². The zero-order valence-electron chi connectivity index (χ0n) is 8.15. The summed E-state index contributed by atoms with van der Waals surface area (Å²) in [4.78, 5) is 10.8. The second-order valence-corrected chi connectivity index (χ2v) is 3.37. The van der Waals surface area contributed by atoms with Crippen LogP contribution >= 0.6 is 12.4 Å². The Kier molecular flexibility index (Phi) is 4.10. The van der Waals surface area contributed by atoms with E-state index in [-0.39, 0.29) is 12.4 Å². The van der Waals surface area contributed by atoms with Crippen LogP contribution in [0, 0.1) is 6.92 Å². The lowest BCUT2D eigenvalue weighted by atomic mass is 9.93. The summed E-state index contributed by atoms with van der Waals surface area (Å²) in [6, 6.07) is 7.18. The molecular formula is C10H14ClNO2. The lowest BCUT2D eigenvalue weighted by Crippen LogP contribution is -2.41. The van der Waals surface area contributed by atoms with E-state index < -0.39 is 11.5 Å². The summed E-state index contributed by atoms with van der Waals surface area (Å²) >= 11 is 0.